The summed E-state index contributed by atoms with van der Waals surface area (Å²) in [5.74, 6) is 0. The number of rotatable bonds is 6. The SMILES string of the molecule is O=Cc1cccn1CCCCCO. The topological polar surface area (TPSA) is 42.2 Å². The van der Waals surface area contributed by atoms with Crippen molar-refractivity contribution in [3.05, 3.63) is 24.0 Å². The molecule has 1 rings (SSSR count). The second-order valence-electron chi connectivity index (χ2n) is 3.03. The summed E-state index contributed by atoms with van der Waals surface area (Å²) in [7, 11) is 0. The molecule has 0 spiro atoms. The van der Waals surface area contributed by atoms with Crippen molar-refractivity contribution in [1.82, 2.24) is 4.57 Å². The van der Waals surface area contributed by atoms with E-state index in [2.05, 4.69) is 0 Å². The lowest BCUT2D eigenvalue weighted by Gasteiger charge is -2.03. The Bertz CT molecular complexity index is 255. The molecule has 0 aliphatic rings. The van der Waals surface area contributed by atoms with Gasteiger partial charge in [-0.05, 0) is 31.4 Å². The first-order valence-electron chi connectivity index (χ1n) is 4.59. The van der Waals surface area contributed by atoms with Gasteiger partial charge in [0.15, 0.2) is 6.29 Å². The number of unbranched alkanes of at least 4 members (excludes halogenated alkanes) is 2. The quantitative estimate of drug-likeness (QED) is 0.533. The predicted octanol–water partition coefficient (Wildman–Crippen LogP) is 1.46. The van der Waals surface area contributed by atoms with Crippen molar-refractivity contribution in [1.29, 1.82) is 0 Å². The van der Waals surface area contributed by atoms with E-state index < -0.39 is 0 Å². The van der Waals surface area contributed by atoms with Gasteiger partial charge in [0, 0.05) is 19.3 Å². The largest absolute Gasteiger partial charge is 0.396 e. The maximum absolute atomic E-state index is 10.5. The molecular weight excluding hydrogens is 166 g/mol. The molecule has 0 radical (unpaired) electrons. The van der Waals surface area contributed by atoms with Crippen LogP contribution in [0.4, 0.5) is 0 Å². The van der Waals surface area contributed by atoms with Crippen LogP contribution >= 0.6 is 0 Å². The highest BCUT2D eigenvalue weighted by Crippen LogP contribution is 2.03. The number of aryl methyl sites for hydroxylation is 1. The highest BCUT2D eigenvalue weighted by atomic mass is 16.2. The lowest BCUT2D eigenvalue weighted by molar-refractivity contribution is 0.111. The standard InChI is InChI=1S/C10H15NO2/c12-8-3-1-2-6-11-7-4-5-10(11)9-13/h4-5,7,9,12H,1-3,6,8H2. The van der Waals surface area contributed by atoms with Gasteiger partial charge in [-0.1, -0.05) is 0 Å². The number of hydrogen-bond acceptors (Lipinski definition) is 2. The van der Waals surface area contributed by atoms with Gasteiger partial charge in [0.05, 0.1) is 5.69 Å². The first-order valence-corrected chi connectivity index (χ1v) is 4.59. The molecule has 72 valence electrons. The Morgan fingerprint density at radius 3 is 2.92 bits per heavy atom. The second-order valence-corrected chi connectivity index (χ2v) is 3.03. The minimum absolute atomic E-state index is 0.256. The molecule has 0 aliphatic carbocycles. The van der Waals surface area contributed by atoms with Crippen molar-refractivity contribution in [2.24, 2.45) is 0 Å². The molecule has 0 amide bonds. The van der Waals surface area contributed by atoms with E-state index in [0.717, 1.165) is 37.8 Å². The fourth-order valence-electron chi connectivity index (χ4n) is 1.31. The molecule has 1 aromatic rings. The van der Waals surface area contributed by atoms with E-state index in [1.165, 1.54) is 0 Å². The van der Waals surface area contributed by atoms with Crippen LogP contribution in [0.15, 0.2) is 18.3 Å². The zero-order valence-corrected chi connectivity index (χ0v) is 7.65. The first kappa shape index (κ1) is 9.99. The summed E-state index contributed by atoms with van der Waals surface area (Å²) in [6.07, 6.45) is 5.63. The first-order chi connectivity index (χ1) is 6.38. The molecule has 0 bridgehead atoms. The Kier molecular flexibility index (Phi) is 4.26. The molecule has 3 nitrogen and oxygen atoms in total. The minimum Gasteiger partial charge on any atom is -0.396 e. The van der Waals surface area contributed by atoms with Gasteiger partial charge in [0.25, 0.3) is 0 Å². The van der Waals surface area contributed by atoms with Gasteiger partial charge >= 0.3 is 0 Å². The average Bonchev–Trinajstić information content (AvgIpc) is 2.60. The highest BCUT2D eigenvalue weighted by molar-refractivity contribution is 5.72. The van der Waals surface area contributed by atoms with E-state index in [1.807, 2.05) is 16.8 Å². The summed E-state index contributed by atoms with van der Waals surface area (Å²) in [4.78, 5) is 10.5. The number of carbonyl (C=O) groups excluding carboxylic acids is 1. The average molecular weight is 181 g/mol. The second kappa shape index (κ2) is 5.54. The number of aldehydes is 1. The van der Waals surface area contributed by atoms with E-state index in [9.17, 15) is 4.79 Å². The van der Waals surface area contributed by atoms with Crippen LogP contribution < -0.4 is 0 Å². The Hall–Kier alpha value is -1.09. The van der Waals surface area contributed by atoms with Crippen LogP contribution in [0.25, 0.3) is 0 Å². The van der Waals surface area contributed by atoms with Crippen LogP contribution in [0, 0.1) is 0 Å². The smallest absolute Gasteiger partial charge is 0.166 e. The van der Waals surface area contributed by atoms with Crippen LogP contribution in [-0.2, 0) is 6.54 Å². The number of nitrogens with zero attached hydrogens (tertiary/aromatic N) is 1. The van der Waals surface area contributed by atoms with Crippen LogP contribution in [-0.4, -0.2) is 22.6 Å². The molecule has 0 saturated carbocycles. The number of aromatic nitrogens is 1. The molecule has 0 aromatic carbocycles. The Morgan fingerprint density at radius 2 is 2.23 bits per heavy atom. The molecule has 1 N–H and O–H groups in total. The van der Waals surface area contributed by atoms with Crippen molar-refractivity contribution >= 4 is 6.29 Å². The normalized spacial score (nSPS) is 10.2. The minimum atomic E-state index is 0.256. The van der Waals surface area contributed by atoms with Gasteiger partial charge in [-0.25, -0.2) is 0 Å². The monoisotopic (exact) mass is 181 g/mol. The third-order valence-electron chi connectivity index (χ3n) is 2.04. The van der Waals surface area contributed by atoms with Gasteiger partial charge < -0.3 is 9.67 Å². The predicted molar refractivity (Wildman–Crippen MR) is 50.8 cm³/mol. The lowest BCUT2D eigenvalue weighted by atomic mass is 10.2. The summed E-state index contributed by atoms with van der Waals surface area (Å²) in [5.41, 5.74) is 0.726. The summed E-state index contributed by atoms with van der Waals surface area (Å²) >= 11 is 0. The highest BCUT2D eigenvalue weighted by Gasteiger charge is 1.97. The Labute approximate surface area is 78.0 Å². The van der Waals surface area contributed by atoms with Gasteiger partial charge in [0.1, 0.15) is 0 Å². The number of hydrogen-bond donors (Lipinski definition) is 1. The summed E-state index contributed by atoms with van der Waals surface area (Å²) < 4.78 is 1.93. The van der Waals surface area contributed by atoms with Crippen molar-refractivity contribution < 1.29 is 9.90 Å². The van der Waals surface area contributed by atoms with Crippen LogP contribution in [0.1, 0.15) is 29.8 Å². The third kappa shape index (κ3) is 3.03. The number of aliphatic hydroxyl groups excluding tert-OH is 1. The lowest BCUT2D eigenvalue weighted by Crippen LogP contribution is -2.00. The molecule has 0 aliphatic heterocycles. The van der Waals surface area contributed by atoms with E-state index in [1.54, 1.807) is 6.07 Å². The van der Waals surface area contributed by atoms with E-state index in [0.29, 0.717) is 0 Å². The number of aliphatic hydroxyl groups is 1. The van der Waals surface area contributed by atoms with Gasteiger partial charge in [0.2, 0.25) is 0 Å². The number of carbonyl (C=O) groups is 1. The molecule has 1 aromatic heterocycles. The molecule has 3 heteroatoms. The van der Waals surface area contributed by atoms with Crippen LogP contribution in [0.5, 0.6) is 0 Å². The van der Waals surface area contributed by atoms with Gasteiger partial charge in [-0.2, -0.15) is 0 Å². The van der Waals surface area contributed by atoms with Crippen molar-refractivity contribution in [3.8, 4) is 0 Å². The maximum atomic E-state index is 10.5. The fraction of sp³-hybridized carbons (Fsp3) is 0.500. The zero-order chi connectivity index (χ0) is 9.52. The molecule has 0 unspecified atom stereocenters. The van der Waals surface area contributed by atoms with E-state index in [-0.39, 0.29) is 6.61 Å². The third-order valence-corrected chi connectivity index (χ3v) is 2.04. The van der Waals surface area contributed by atoms with Gasteiger partial charge in [-0.15, -0.1) is 0 Å². The van der Waals surface area contributed by atoms with Gasteiger partial charge in [-0.3, -0.25) is 4.79 Å². The summed E-state index contributed by atoms with van der Waals surface area (Å²) in [6.45, 7) is 1.12. The van der Waals surface area contributed by atoms with Crippen molar-refractivity contribution in [2.45, 2.75) is 25.8 Å². The summed E-state index contributed by atoms with van der Waals surface area (Å²) in [5, 5.41) is 8.56. The molecule has 0 saturated heterocycles. The zero-order valence-electron chi connectivity index (χ0n) is 7.65. The van der Waals surface area contributed by atoms with E-state index >= 15 is 0 Å². The molecule has 1 heterocycles. The molecule has 0 fully saturated rings. The molecular formula is C10H15NO2. The van der Waals surface area contributed by atoms with E-state index in [4.69, 9.17) is 5.11 Å². The fourth-order valence-corrected chi connectivity index (χ4v) is 1.31. The maximum Gasteiger partial charge on any atom is 0.166 e. The van der Waals surface area contributed by atoms with Crippen molar-refractivity contribution in [3.63, 3.8) is 0 Å². The molecule has 13 heavy (non-hydrogen) atoms. The van der Waals surface area contributed by atoms with Crippen LogP contribution in [0.2, 0.25) is 0 Å². The molecule has 0 atom stereocenters. The van der Waals surface area contributed by atoms with Crippen LogP contribution in [0.3, 0.4) is 0 Å². The Morgan fingerprint density at radius 1 is 1.38 bits per heavy atom. The van der Waals surface area contributed by atoms with Crippen molar-refractivity contribution in [2.75, 3.05) is 6.61 Å². The Balaban J connectivity index is 2.31. The summed E-state index contributed by atoms with van der Waals surface area (Å²) in [6, 6.07) is 3.68.